The molecule has 4 aliphatic carbocycles. The van der Waals surface area contributed by atoms with Gasteiger partial charge in [-0.05, 0) is 67.6 Å². The summed E-state index contributed by atoms with van der Waals surface area (Å²) in [4.78, 5) is 24.1. The molecule has 0 aromatic heterocycles. The minimum atomic E-state index is -0.952. The second-order valence-electron chi connectivity index (χ2n) is 9.05. The summed E-state index contributed by atoms with van der Waals surface area (Å²) in [6, 6.07) is 6.60. The molecular weight excluding hydrogens is 330 g/mol. The fraction of sp³-hybridized carbons (Fsp3) is 0.619. The van der Waals surface area contributed by atoms with Crippen LogP contribution in [0.1, 0.15) is 67.8 Å². The summed E-state index contributed by atoms with van der Waals surface area (Å²) in [6.07, 6.45) is 6.23. The van der Waals surface area contributed by atoms with Gasteiger partial charge in [0, 0.05) is 6.54 Å². The van der Waals surface area contributed by atoms with Crippen LogP contribution < -0.4 is 5.32 Å². The van der Waals surface area contributed by atoms with E-state index in [2.05, 4.69) is 12.2 Å². The summed E-state index contributed by atoms with van der Waals surface area (Å²) in [5, 5.41) is 23.1. The van der Waals surface area contributed by atoms with E-state index in [1.54, 1.807) is 24.3 Å². The zero-order valence-corrected chi connectivity index (χ0v) is 15.3. The highest BCUT2D eigenvalue weighted by Gasteiger charge is 2.64. The Morgan fingerprint density at radius 2 is 1.85 bits per heavy atom. The van der Waals surface area contributed by atoms with Crippen molar-refractivity contribution in [3.8, 4) is 0 Å². The number of carbonyl (C=O) groups is 2. The van der Waals surface area contributed by atoms with Gasteiger partial charge in [-0.1, -0.05) is 25.5 Å². The van der Waals surface area contributed by atoms with Crippen molar-refractivity contribution < 1.29 is 19.8 Å². The number of carboxylic acids is 1. The molecule has 4 saturated carbocycles. The molecule has 4 fully saturated rings. The van der Waals surface area contributed by atoms with Crippen LogP contribution >= 0.6 is 0 Å². The summed E-state index contributed by atoms with van der Waals surface area (Å²) in [7, 11) is 0. The van der Waals surface area contributed by atoms with E-state index >= 15 is 0 Å². The van der Waals surface area contributed by atoms with E-state index in [9.17, 15) is 14.7 Å². The lowest BCUT2D eigenvalue weighted by Crippen LogP contribution is -2.63. The van der Waals surface area contributed by atoms with Crippen LogP contribution in [0, 0.1) is 16.7 Å². The maximum atomic E-state index is 13.1. The van der Waals surface area contributed by atoms with Crippen molar-refractivity contribution in [3.05, 3.63) is 35.4 Å². The molecule has 5 nitrogen and oxygen atoms in total. The molecule has 4 unspecified atom stereocenters. The molecule has 4 atom stereocenters. The third-order valence-corrected chi connectivity index (χ3v) is 7.04. The van der Waals surface area contributed by atoms with E-state index in [4.69, 9.17) is 5.11 Å². The minimum Gasteiger partial charge on any atom is -0.478 e. The van der Waals surface area contributed by atoms with Gasteiger partial charge in [0.25, 0.3) is 0 Å². The molecule has 4 bridgehead atoms. The van der Waals surface area contributed by atoms with Crippen molar-refractivity contribution in [3.63, 3.8) is 0 Å². The van der Waals surface area contributed by atoms with Crippen LogP contribution in [-0.4, -0.2) is 27.7 Å². The number of carboxylic acid groups (broad SMARTS) is 1. The van der Waals surface area contributed by atoms with Gasteiger partial charge in [-0.3, -0.25) is 4.79 Å². The SMILES string of the molecule is CCC12CC3CC(O)(C1)CC(C(=O)NCc1ccc(C(=O)O)cc1)(C3)C2. The molecule has 1 aromatic rings. The van der Waals surface area contributed by atoms with E-state index in [1.165, 1.54) is 0 Å². The van der Waals surface area contributed by atoms with Crippen LogP contribution in [0.4, 0.5) is 0 Å². The Kier molecular flexibility index (Phi) is 3.92. The molecule has 1 aromatic carbocycles. The van der Waals surface area contributed by atoms with E-state index < -0.39 is 17.0 Å². The van der Waals surface area contributed by atoms with Crippen LogP contribution in [0.15, 0.2) is 24.3 Å². The lowest BCUT2D eigenvalue weighted by Gasteiger charge is -2.64. The van der Waals surface area contributed by atoms with Crippen LogP contribution in [-0.2, 0) is 11.3 Å². The van der Waals surface area contributed by atoms with Crippen molar-refractivity contribution in [1.82, 2.24) is 5.32 Å². The van der Waals surface area contributed by atoms with Gasteiger partial charge in [0.1, 0.15) is 0 Å². The Morgan fingerprint density at radius 3 is 2.46 bits per heavy atom. The molecule has 0 heterocycles. The Hall–Kier alpha value is -1.88. The molecule has 5 rings (SSSR count). The lowest BCUT2D eigenvalue weighted by molar-refractivity contribution is -0.204. The number of aliphatic hydroxyl groups is 1. The summed E-state index contributed by atoms with van der Waals surface area (Å²) in [6.45, 7) is 2.58. The topological polar surface area (TPSA) is 86.6 Å². The van der Waals surface area contributed by atoms with E-state index in [0.29, 0.717) is 18.9 Å². The Balaban J connectivity index is 1.48. The van der Waals surface area contributed by atoms with Crippen molar-refractivity contribution in [2.75, 3.05) is 0 Å². The lowest BCUT2D eigenvalue weighted by atomic mass is 9.42. The molecule has 1 amide bonds. The summed E-state index contributed by atoms with van der Waals surface area (Å²) < 4.78 is 0. The van der Waals surface area contributed by atoms with Gasteiger partial charge in [-0.2, -0.15) is 0 Å². The average molecular weight is 357 g/mol. The van der Waals surface area contributed by atoms with Crippen molar-refractivity contribution in [1.29, 1.82) is 0 Å². The minimum absolute atomic E-state index is 0.0557. The zero-order valence-electron chi connectivity index (χ0n) is 15.3. The number of amides is 1. The number of hydrogen-bond donors (Lipinski definition) is 3. The number of rotatable bonds is 5. The van der Waals surface area contributed by atoms with E-state index in [0.717, 1.165) is 44.1 Å². The van der Waals surface area contributed by atoms with E-state index in [1.807, 2.05) is 0 Å². The zero-order chi connectivity index (χ0) is 18.6. The van der Waals surface area contributed by atoms with Gasteiger partial charge in [-0.25, -0.2) is 4.79 Å². The summed E-state index contributed by atoms with van der Waals surface area (Å²) >= 11 is 0. The highest BCUT2D eigenvalue weighted by Crippen LogP contribution is 2.67. The predicted octanol–water partition coefficient (Wildman–Crippen LogP) is 3.11. The second-order valence-corrected chi connectivity index (χ2v) is 9.05. The Bertz CT molecular complexity index is 745. The number of nitrogens with one attached hydrogen (secondary N) is 1. The first-order valence-corrected chi connectivity index (χ1v) is 9.60. The fourth-order valence-electron chi connectivity index (χ4n) is 6.37. The van der Waals surface area contributed by atoms with Crippen LogP contribution in [0.3, 0.4) is 0 Å². The predicted molar refractivity (Wildman–Crippen MR) is 96.5 cm³/mol. The maximum absolute atomic E-state index is 13.1. The van der Waals surface area contributed by atoms with Crippen LogP contribution in [0.5, 0.6) is 0 Å². The van der Waals surface area contributed by atoms with Gasteiger partial charge in [0.05, 0.1) is 16.6 Å². The molecule has 140 valence electrons. The van der Waals surface area contributed by atoms with Crippen molar-refractivity contribution in [2.45, 2.75) is 64.0 Å². The second kappa shape index (κ2) is 5.81. The molecule has 3 N–H and O–H groups in total. The third kappa shape index (κ3) is 2.82. The van der Waals surface area contributed by atoms with Gasteiger partial charge >= 0.3 is 5.97 Å². The molecule has 0 aliphatic heterocycles. The van der Waals surface area contributed by atoms with Gasteiger partial charge in [-0.15, -0.1) is 0 Å². The number of carbonyl (C=O) groups excluding carboxylic acids is 1. The molecule has 0 saturated heterocycles. The van der Waals surface area contributed by atoms with Crippen molar-refractivity contribution >= 4 is 11.9 Å². The smallest absolute Gasteiger partial charge is 0.335 e. The fourth-order valence-corrected chi connectivity index (χ4v) is 6.37. The first kappa shape index (κ1) is 17.5. The molecule has 0 radical (unpaired) electrons. The summed E-state index contributed by atoms with van der Waals surface area (Å²) in [5.74, 6) is -0.441. The third-order valence-electron chi connectivity index (χ3n) is 7.04. The first-order chi connectivity index (χ1) is 12.3. The van der Waals surface area contributed by atoms with Crippen molar-refractivity contribution in [2.24, 2.45) is 16.7 Å². The van der Waals surface area contributed by atoms with E-state index in [-0.39, 0.29) is 16.9 Å². The molecule has 0 spiro atoms. The normalized spacial score (nSPS) is 37.5. The monoisotopic (exact) mass is 357 g/mol. The molecular formula is C21H27NO4. The Morgan fingerprint density at radius 1 is 1.12 bits per heavy atom. The number of benzene rings is 1. The molecule has 26 heavy (non-hydrogen) atoms. The molecule has 4 aliphatic rings. The van der Waals surface area contributed by atoms with Crippen LogP contribution in [0.25, 0.3) is 0 Å². The van der Waals surface area contributed by atoms with Gasteiger partial charge < -0.3 is 15.5 Å². The number of hydrogen-bond acceptors (Lipinski definition) is 3. The standard InChI is InChI=1S/C21H27NO4/c1-2-19-7-15-8-20(11-19,13-21(26,9-15)12-19)18(25)22-10-14-3-5-16(6-4-14)17(23)24/h3-6,15,26H,2,7-13H2,1H3,(H,22,25)(H,23,24). The van der Waals surface area contributed by atoms with Gasteiger partial charge in [0.15, 0.2) is 0 Å². The Labute approximate surface area is 153 Å². The number of aromatic carboxylic acids is 1. The quantitative estimate of drug-likeness (QED) is 0.756. The van der Waals surface area contributed by atoms with Crippen LogP contribution in [0.2, 0.25) is 0 Å². The van der Waals surface area contributed by atoms with Gasteiger partial charge in [0.2, 0.25) is 5.91 Å². The average Bonchev–Trinajstić information content (AvgIpc) is 2.58. The highest BCUT2D eigenvalue weighted by molar-refractivity contribution is 5.87. The first-order valence-electron chi connectivity index (χ1n) is 9.60. The highest BCUT2D eigenvalue weighted by atomic mass is 16.4. The summed E-state index contributed by atoms with van der Waals surface area (Å²) in [5.41, 5.74) is 0.140. The largest absolute Gasteiger partial charge is 0.478 e. The maximum Gasteiger partial charge on any atom is 0.335 e. The molecule has 5 heteroatoms.